The molecule has 0 fully saturated rings. The van der Waals surface area contributed by atoms with Crippen LogP contribution in [0.3, 0.4) is 0 Å². The van der Waals surface area contributed by atoms with Gasteiger partial charge in [0.15, 0.2) is 6.61 Å². The van der Waals surface area contributed by atoms with Crippen LogP contribution >= 0.6 is 0 Å². The van der Waals surface area contributed by atoms with Gasteiger partial charge >= 0.3 is 0 Å². The molecule has 3 aromatic rings. The van der Waals surface area contributed by atoms with Crippen LogP contribution < -0.4 is 4.74 Å². The van der Waals surface area contributed by atoms with Crippen molar-refractivity contribution in [2.75, 3.05) is 6.61 Å². The smallest absolute Gasteiger partial charge is 0.268 e. The van der Waals surface area contributed by atoms with Gasteiger partial charge in [-0.05, 0) is 37.3 Å². The van der Waals surface area contributed by atoms with Crippen molar-refractivity contribution in [3.8, 4) is 5.75 Å². The largest absolute Gasteiger partial charge is 0.484 e. The maximum absolute atomic E-state index is 12.8. The Morgan fingerprint density at radius 3 is 2.52 bits per heavy atom. The minimum absolute atomic E-state index is 0.00430. The van der Waals surface area contributed by atoms with Crippen molar-refractivity contribution >= 4 is 26.7 Å². The summed E-state index contributed by atoms with van der Waals surface area (Å²) >= 11 is 0. The molecule has 0 bridgehead atoms. The molecule has 23 heavy (non-hydrogen) atoms. The van der Waals surface area contributed by atoms with Gasteiger partial charge in [0.05, 0.1) is 16.0 Å². The molecule has 0 amide bonds. The van der Waals surface area contributed by atoms with Crippen LogP contribution in [0.4, 0.5) is 0 Å². The van der Waals surface area contributed by atoms with Crippen LogP contribution in [0.2, 0.25) is 0 Å². The molecule has 6 heteroatoms. The van der Waals surface area contributed by atoms with Crippen molar-refractivity contribution in [3.63, 3.8) is 0 Å². The first-order valence-corrected chi connectivity index (χ1v) is 8.55. The Labute approximate surface area is 133 Å². The van der Waals surface area contributed by atoms with Crippen LogP contribution in [0.5, 0.6) is 5.75 Å². The molecule has 5 nitrogen and oxygen atoms in total. The van der Waals surface area contributed by atoms with Crippen molar-refractivity contribution in [2.24, 2.45) is 0 Å². The number of hydrogen-bond acceptors (Lipinski definition) is 4. The Morgan fingerprint density at radius 1 is 1.04 bits per heavy atom. The van der Waals surface area contributed by atoms with Gasteiger partial charge < -0.3 is 4.74 Å². The molecule has 0 radical (unpaired) electrons. The van der Waals surface area contributed by atoms with E-state index in [0.29, 0.717) is 22.2 Å². The molecule has 1 aromatic heterocycles. The predicted molar refractivity (Wildman–Crippen MR) is 85.5 cm³/mol. The van der Waals surface area contributed by atoms with Gasteiger partial charge in [0.25, 0.3) is 10.0 Å². The van der Waals surface area contributed by atoms with E-state index in [2.05, 4.69) is 0 Å². The molecule has 1 aliphatic rings. The molecular weight excluding hydrogens is 314 g/mol. The Bertz CT molecular complexity index is 1050. The Kier molecular flexibility index (Phi) is 2.86. The van der Waals surface area contributed by atoms with E-state index in [0.717, 1.165) is 5.56 Å². The highest BCUT2D eigenvalue weighted by Crippen LogP contribution is 2.35. The SMILES string of the molecule is Cc1ccc(S(=O)(=O)n2ccc3c4c(ccc32)C(=O)CO4)cc1. The summed E-state index contributed by atoms with van der Waals surface area (Å²) in [5.74, 6) is 0.376. The monoisotopic (exact) mass is 327 g/mol. The number of hydrogen-bond donors (Lipinski definition) is 0. The van der Waals surface area contributed by atoms with Crippen LogP contribution in [-0.2, 0) is 10.0 Å². The first-order valence-electron chi connectivity index (χ1n) is 7.11. The van der Waals surface area contributed by atoms with E-state index in [1.807, 2.05) is 6.92 Å². The van der Waals surface area contributed by atoms with Gasteiger partial charge in [-0.3, -0.25) is 4.79 Å². The molecule has 0 unspecified atom stereocenters. The third-order valence-electron chi connectivity index (χ3n) is 4.01. The number of carbonyl (C=O) groups is 1. The predicted octanol–water partition coefficient (Wildman–Crippen LogP) is 2.76. The highest BCUT2D eigenvalue weighted by atomic mass is 32.2. The van der Waals surface area contributed by atoms with Gasteiger partial charge in [0, 0.05) is 11.6 Å². The van der Waals surface area contributed by atoms with Crippen LogP contribution in [0.1, 0.15) is 15.9 Å². The standard InChI is InChI=1S/C17H13NO4S/c1-11-2-4-12(5-3-11)23(20,21)18-9-8-13-15(18)7-6-14-16(19)10-22-17(13)14/h2-9H,10H2,1H3. The van der Waals surface area contributed by atoms with Gasteiger partial charge in [-0.2, -0.15) is 0 Å². The Hall–Kier alpha value is -2.60. The number of ether oxygens (including phenoxy) is 1. The zero-order valence-electron chi connectivity index (χ0n) is 12.3. The van der Waals surface area contributed by atoms with Crippen LogP contribution in [-0.4, -0.2) is 24.8 Å². The zero-order chi connectivity index (χ0) is 16.2. The van der Waals surface area contributed by atoms with Gasteiger partial charge in [-0.1, -0.05) is 17.7 Å². The molecule has 0 N–H and O–H groups in total. The van der Waals surface area contributed by atoms with Crippen LogP contribution in [0, 0.1) is 6.92 Å². The summed E-state index contributed by atoms with van der Waals surface area (Å²) in [6.45, 7) is 1.91. The number of rotatable bonds is 2. The molecule has 2 aromatic carbocycles. The van der Waals surface area contributed by atoms with Crippen LogP contribution in [0.15, 0.2) is 53.6 Å². The van der Waals surface area contributed by atoms with E-state index in [1.165, 1.54) is 10.2 Å². The zero-order valence-corrected chi connectivity index (χ0v) is 13.1. The lowest BCUT2D eigenvalue weighted by atomic mass is 10.1. The van der Waals surface area contributed by atoms with Crippen molar-refractivity contribution in [1.29, 1.82) is 0 Å². The van der Waals surface area contributed by atoms with E-state index in [9.17, 15) is 13.2 Å². The molecule has 116 valence electrons. The molecule has 0 saturated carbocycles. The quantitative estimate of drug-likeness (QED) is 0.726. The first kappa shape index (κ1) is 14.0. The lowest BCUT2D eigenvalue weighted by Crippen LogP contribution is -2.11. The number of Topliss-reactive ketones (excluding diaryl/α,β-unsaturated/α-hetero) is 1. The minimum atomic E-state index is -3.69. The number of carbonyl (C=O) groups excluding carboxylic acids is 1. The van der Waals surface area contributed by atoms with Crippen LogP contribution in [0.25, 0.3) is 10.9 Å². The van der Waals surface area contributed by atoms with E-state index in [4.69, 9.17) is 4.74 Å². The third kappa shape index (κ3) is 1.98. The highest BCUT2D eigenvalue weighted by molar-refractivity contribution is 7.90. The van der Waals surface area contributed by atoms with E-state index < -0.39 is 10.0 Å². The molecule has 4 rings (SSSR count). The fourth-order valence-corrected chi connectivity index (χ4v) is 4.14. The molecule has 0 spiro atoms. The second-order valence-corrected chi connectivity index (χ2v) is 7.33. The minimum Gasteiger partial charge on any atom is -0.484 e. The summed E-state index contributed by atoms with van der Waals surface area (Å²) in [6, 6.07) is 11.6. The van der Waals surface area contributed by atoms with Gasteiger partial charge in [0.2, 0.25) is 5.78 Å². The molecule has 0 saturated heterocycles. The topological polar surface area (TPSA) is 65.4 Å². The summed E-state index contributed by atoms with van der Waals surface area (Å²) in [6.07, 6.45) is 1.49. The Balaban J connectivity index is 1.93. The lowest BCUT2D eigenvalue weighted by molar-refractivity contribution is 0.0961. The molecule has 0 atom stereocenters. The summed E-state index contributed by atoms with van der Waals surface area (Å²) in [5.41, 5.74) is 1.99. The summed E-state index contributed by atoms with van der Waals surface area (Å²) in [7, 11) is -3.69. The van der Waals surface area contributed by atoms with Gasteiger partial charge in [0.1, 0.15) is 5.75 Å². The second kappa shape index (κ2) is 4.70. The molecule has 1 aliphatic heterocycles. The first-order chi connectivity index (χ1) is 11.0. The van der Waals surface area contributed by atoms with Crippen molar-refractivity contribution < 1.29 is 17.9 Å². The van der Waals surface area contributed by atoms with Crippen molar-refractivity contribution in [1.82, 2.24) is 3.97 Å². The highest BCUT2D eigenvalue weighted by Gasteiger charge is 2.26. The average Bonchev–Trinajstić information content (AvgIpc) is 3.12. The maximum Gasteiger partial charge on any atom is 0.268 e. The number of ketones is 1. The van der Waals surface area contributed by atoms with E-state index in [1.54, 1.807) is 42.5 Å². The Morgan fingerprint density at radius 2 is 1.78 bits per heavy atom. The number of fused-ring (bicyclic) bond motifs is 3. The van der Waals surface area contributed by atoms with E-state index >= 15 is 0 Å². The summed E-state index contributed by atoms with van der Waals surface area (Å²) < 4.78 is 32.3. The van der Waals surface area contributed by atoms with E-state index in [-0.39, 0.29) is 17.3 Å². The fraction of sp³-hybridized carbons (Fsp3) is 0.118. The molecule has 2 heterocycles. The normalized spacial score (nSPS) is 14.0. The molecular formula is C17H13NO4S. The number of nitrogens with zero attached hydrogens (tertiary/aromatic N) is 1. The van der Waals surface area contributed by atoms with Crippen molar-refractivity contribution in [3.05, 3.63) is 59.8 Å². The second-order valence-electron chi connectivity index (χ2n) is 5.52. The average molecular weight is 327 g/mol. The number of benzene rings is 2. The molecule has 0 aliphatic carbocycles. The van der Waals surface area contributed by atoms with Gasteiger partial charge in [-0.15, -0.1) is 0 Å². The van der Waals surface area contributed by atoms with Crippen molar-refractivity contribution in [2.45, 2.75) is 11.8 Å². The van der Waals surface area contributed by atoms with Gasteiger partial charge in [-0.25, -0.2) is 12.4 Å². The lowest BCUT2D eigenvalue weighted by Gasteiger charge is -2.08. The summed E-state index contributed by atoms with van der Waals surface area (Å²) in [4.78, 5) is 11.9. The number of aryl methyl sites for hydroxylation is 1. The summed E-state index contributed by atoms with van der Waals surface area (Å²) in [5, 5.41) is 0.629. The third-order valence-corrected chi connectivity index (χ3v) is 5.72. The maximum atomic E-state index is 12.8. The fourth-order valence-electron chi connectivity index (χ4n) is 2.79. The number of aromatic nitrogens is 1.